The van der Waals surface area contributed by atoms with Crippen LogP contribution in [0.1, 0.15) is 50.8 Å². The molecule has 0 saturated carbocycles. The minimum atomic E-state index is -0.262. The summed E-state index contributed by atoms with van der Waals surface area (Å²) in [6, 6.07) is 15.9. The molecule has 1 fully saturated rings. The summed E-state index contributed by atoms with van der Waals surface area (Å²) in [5.41, 5.74) is 18.6. The molecule has 1 unspecified atom stereocenters. The van der Waals surface area contributed by atoms with Gasteiger partial charge in [0.1, 0.15) is 5.84 Å². The van der Waals surface area contributed by atoms with Gasteiger partial charge in [0.2, 0.25) is 5.91 Å². The van der Waals surface area contributed by atoms with E-state index in [4.69, 9.17) is 31.3 Å². The molecule has 5 N–H and O–H groups in total. The number of piperidine rings is 1. The Morgan fingerprint density at radius 2 is 1.73 bits per heavy atom. The number of ether oxygens (including phenoxy) is 2. The smallest absolute Gasteiger partial charge is 0.223 e. The molecule has 9 heteroatoms. The van der Waals surface area contributed by atoms with Gasteiger partial charge in [-0.15, -0.1) is 0 Å². The number of nitrogens with two attached hydrogens (primary N) is 1. The summed E-state index contributed by atoms with van der Waals surface area (Å²) < 4.78 is 11.3. The molecular formula is C28H42N6O3. The molecule has 1 saturated heterocycles. The fourth-order valence-electron chi connectivity index (χ4n) is 4.61. The van der Waals surface area contributed by atoms with Gasteiger partial charge in [-0.3, -0.25) is 14.7 Å². The molecule has 2 aromatic rings. The lowest BCUT2D eigenvalue weighted by molar-refractivity contribution is -0.128. The second-order valence-electron chi connectivity index (χ2n) is 10.1. The van der Waals surface area contributed by atoms with Gasteiger partial charge < -0.3 is 20.5 Å². The monoisotopic (exact) mass is 510 g/mol. The first-order valence-electron chi connectivity index (χ1n) is 12.6. The summed E-state index contributed by atoms with van der Waals surface area (Å²) in [6.45, 7) is 8.11. The van der Waals surface area contributed by atoms with Gasteiger partial charge in [-0.1, -0.05) is 42.5 Å². The molecule has 0 bridgehead atoms. The molecule has 3 rings (SSSR count). The Morgan fingerprint density at radius 3 is 2.30 bits per heavy atom. The zero-order valence-electron chi connectivity index (χ0n) is 22.7. The second-order valence-corrected chi connectivity index (χ2v) is 10.1. The number of amidine groups is 1. The maximum atomic E-state index is 12.7. The molecule has 1 aliphatic rings. The van der Waals surface area contributed by atoms with E-state index in [-0.39, 0.29) is 23.4 Å². The number of nitrogens with one attached hydrogen (secondary N) is 3. The number of para-hydroxylation sites is 1. The summed E-state index contributed by atoms with van der Waals surface area (Å²) in [7, 11) is 3.28. The van der Waals surface area contributed by atoms with Gasteiger partial charge in [-0.05, 0) is 64.8 Å². The van der Waals surface area contributed by atoms with Crippen molar-refractivity contribution in [3.05, 3.63) is 59.7 Å². The minimum absolute atomic E-state index is 0.00502. The number of hydrogen-bond donors (Lipinski definition) is 4. The molecule has 0 radical (unpaired) electrons. The molecule has 1 atom stereocenters. The number of benzene rings is 2. The van der Waals surface area contributed by atoms with Crippen molar-refractivity contribution in [2.24, 2.45) is 16.6 Å². The van der Waals surface area contributed by atoms with E-state index >= 15 is 0 Å². The Kier molecular flexibility index (Phi) is 11.5. The number of carbonyl (C=O) groups excluding carboxylic acids is 1. The fourth-order valence-corrected chi connectivity index (χ4v) is 4.61. The van der Waals surface area contributed by atoms with Crippen LogP contribution in [0.5, 0.6) is 11.5 Å². The third-order valence-electron chi connectivity index (χ3n) is 6.31. The number of carbonyl (C=O) groups is 1. The van der Waals surface area contributed by atoms with Crippen molar-refractivity contribution in [2.45, 2.75) is 51.6 Å². The third-order valence-corrected chi connectivity index (χ3v) is 6.31. The van der Waals surface area contributed by atoms with Gasteiger partial charge in [0, 0.05) is 23.6 Å². The number of aliphatic imine (C=N–C) groups is 1. The number of likely N-dealkylation sites (tertiary alicyclic amines) is 1. The molecular weight excluding hydrogens is 468 g/mol. The van der Waals surface area contributed by atoms with Gasteiger partial charge in [-0.2, -0.15) is 0 Å². The molecule has 202 valence electrons. The van der Waals surface area contributed by atoms with Gasteiger partial charge >= 0.3 is 0 Å². The van der Waals surface area contributed by atoms with Crippen LogP contribution in [-0.2, 0) is 11.2 Å². The predicted molar refractivity (Wildman–Crippen MR) is 147 cm³/mol. The Balaban J connectivity index is 0.00000235. The predicted octanol–water partition coefficient (Wildman–Crippen LogP) is 4.57. The third kappa shape index (κ3) is 8.56. The molecule has 1 amide bonds. The number of nitrogens with zero attached hydrogens (tertiary/aromatic N) is 2. The number of hydrogen-bond acceptors (Lipinski definition) is 7. The maximum absolute atomic E-state index is 12.7. The first kappa shape index (κ1) is 29.8. The van der Waals surface area contributed by atoms with E-state index in [9.17, 15) is 4.79 Å². The van der Waals surface area contributed by atoms with E-state index in [0.717, 1.165) is 37.9 Å². The normalized spacial score (nSPS) is 15.8. The minimum Gasteiger partial charge on any atom is -0.493 e. The average molecular weight is 511 g/mol. The van der Waals surface area contributed by atoms with Crippen LogP contribution in [0.15, 0.2) is 53.5 Å². The lowest BCUT2D eigenvalue weighted by atomic mass is 9.92. The van der Waals surface area contributed by atoms with E-state index in [1.807, 2.05) is 57.2 Å². The standard InChI is InChI=1S/C28H40N4O3.H2N2/c1-28(2,3)31-27(33)21-15-18-32(19-16-21)24(22-12-9-13-23(34-4)25(22)35-5)26(29)30-17-14-20-10-7-6-8-11-20;1-2/h6-13,21,24H,14-19H2,1-5H3,(H2,29,30)(H,31,33);1-2H. The molecule has 0 aromatic heterocycles. The van der Waals surface area contributed by atoms with Crippen molar-refractivity contribution in [1.82, 2.24) is 10.2 Å². The topological polar surface area (TPSA) is 137 Å². The van der Waals surface area contributed by atoms with Crippen molar-refractivity contribution in [1.29, 1.82) is 11.1 Å². The summed E-state index contributed by atoms with van der Waals surface area (Å²) in [6.07, 6.45) is 2.35. The summed E-state index contributed by atoms with van der Waals surface area (Å²) in [5, 5.41) is 3.12. The van der Waals surface area contributed by atoms with E-state index in [2.05, 4.69) is 22.3 Å². The molecule has 37 heavy (non-hydrogen) atoms. The van der Waals surface area contributed by atoms with Crippen LogP contribution < -0.4 is 20.5 Å². The second kappa shape index (κ2) is 14.3. The lowest BCUT2D eigenvalue weighted by Crippen LogP contribution is -2.48. The number of rotatable bonds is 9. The van der Waals surface area contributed by atoms with E-state index in [1.54, 1.807) is 14.2 Å². The summed E-state index contributed by atoms with van der Waals surface area (Å²) >= 11 is 0. The van der Waals surface area contributed by atoms with Crippen molar-refractivity contribution < 1.29 is 14.3 Å². The van der Waals surface area contributed by atoms with Gasteiger partial charge in [0.05, 0.1) is 20.3 Å². The number of amides is 1. The lowest BCUT2D eigenvalue weighted by Gasteiger charge is -2.38. The van der Waals surface area contributed by atoms with Crippen LogP contribution in [0.25, 0.3) is 0 Å². The zero-order chi connectivity index (χ0) is 27.4. The highest BCUT2D eigenvalue weighted by Crippen LogP contribution is 2.38. The molecule has 0 spiro atoms. The van der Waals surface area contributed by atoms with Crippen molar-refractivity contribution >= 4 is 11.7 Å². The highest BCUT2D eigenvalue weighted by molar-refractivity contribution is 5.88. The quantitative estimate of drug-likeness (QED) is 0.223. The molecule has 1 heterocycles. The van der Waals surface area contributed by atoms with Crippen LogP contribution >= 0.6 is 0 Å². The SMILES string of the molecule is COc1cccc(C(C(N)=NCCc2ccccc2)N2CCC(C(=O)NC(C)(C)C)CC2)c1OC.N=N. The van der Waals surface area contributed by atoms with Crippen LogP contribution in [0, 0.1) is 17.0 Å². The van der Waals surface area contributed by atoms with Gasteiger partial charge in [-0.25, -0.2) is 11.1 Å². The summed E-state index contributed by atoms with van der Waals surface area (Å²) in [4.78, 5) is 19.8. The average Bonchev–Trinajstić information content (AvgIpc) is 2.90. The van der Waals surface area contributed by atoms with E-state index in [1.165, 1.54) is 5.56 Å². The van der Waals surface area contributed by atoms with E-state index in [0.29, 0.717) is 23.9 Å². The van der Waals surface area contributed by atoms with Crippen LogP contribution in [-0.4, -0.2) is 56.0 Å². The molecule has 0 aliphatic carbocycles. The summed E-state index contributed by atoms with van der Waals surface area (Å²) in [5.74, 6) is 1.98. The largest absolute Gasteiger partial charge is 0.493 e. The maximum Gasteiger partial charge on any atom is 0.223 e. The molecule has 2 aromatic carbocycles. The zero-order valence-corrected chi connectivity index (χ0v) is 22.7. The molecule has 1 aliphatic heterocycles. The highest BCUT2D eigenvalue weighted by Gasteiger charge is 2.34. The molecule has 9 nitrogen and oxygen atoms in total. The Bertz CT molecular complexity index is 1010. The van der Waals surface area contributed by atoms with Gasteiger partial charge in [0.25, 0.3) is 0 Å². The van der Waals surface area contributed by atoms with Crippen molar-refractivity contribution in [3.8, 4) is 11.5 Å². The van der Waals surface area contributed by atoms with Crippen LogP contribution in [0.4, 0.5) is 0 Å². The Labute approximate surface area is 220 Å². The fraction of sp³-hybridized carbons (Fsp3) is 0.500. The van der Waals surface area contributed by atoms with Crippen molar-refractivity contribution in [3.63, 3.8) is 0 Å². The first-order valence-corrected chi connectivity index (χ1v) is 12.6. The van der Waals surface area contributed by atoms with Crippen LogP contribution in [0.3, 0.4) is 0 Å². The van der Waals surface area contributed by atoms with Gasteiger partial charge in [0.15, 0.2) is 11.5 Å². The Hall–Kier alpha value is -3.46. The number of methoxy groups -OCH3 is 2. The highest BCUT2D eigenvalue weighted by atomic mass is 16.5. The first-order chi connectivity index (χ1) is 17.7. The van der Waals surface area contributed by atoms with Crippen LogP contribution in [0.2, 0.25) is 0 Å². The Morgan fingerprint density at radius 1 is 1.08 bits per heavy atom. The van der Waals surface area contributed by atoms with E-state index < -0.39 is 0 Å². The van der Waals surface area contributed by atoms with Crippen molar-refractivity contribution in [2.75, 3.05) is 33.9 Å².